The van der Waals surface area contributed by atoms with Crippen LogP contribution in [0.15, 0.2) is 0 Å². The molecule has 0 saturated heterocycles. The molecule has 0 bridgehead atoms. The molecular weight excluding hydrogens is 158 g/mol. The summed E-state index contributed by atoms with van der Waals surface area (Å²) < 4.78 is 4.61. The van der Waals surface area contributed by atoms with Crippen molar-refractivity contribution in [3.05, 3.63) is 0 Å². The number of hydrogen-bond donors (Lipinski definition) is 0. The van der Waals surface area contributed by atoms with Crippen LogP contribution in [0.2, 0.25) is 0 Å². The molecule has 0 unspecified atom stereocenters. The number of carbonyl (C=O) groups is 1. The van der Waals surface area contributed by atoms with Crippen LogP contribution in [0.25, 0.3) is 0 Å². The monoisotopic (exact) mass is 177 g/mol. The Bertz CT molecular complexity index is 127. The van der Waals surface area contributed by atoms with Gasteiger partial charge < -0.3 is 19.1 Å². The van der Waals surface area contributed by atoms with Crippen LogP contribution in [0, 0.1) is 0 Å². The van der Waals surface area contributed by atoms with Gasteiger partial charge in [-0.3, -0.25) is 0 Å². The molecule has 12 heavy (non-hydrogen) atoms. The lowest BCUT2D eigenvalue weighted by Crippen LogP contribution is -2.41. The fourth-order valence-corrected chi connectivity index (χ4v) is 0. The Morgan fingerprint density at radius 3 is 1.50 bits per heavy atom. The molecule has 0 aliphatic heterocycles. The first-order valence-corrected chi connectivity index (χ1v) is 3.78. The molecule has 0 saturated carbocycles. The highest BCUT2D eigenvalue weighted by Crippen LogP contribution is 1.97. The fraction of sp³-hybridized carbons (Fsp3) is 0.875. The number of methoxy groups -OCH3 is 1. The van der Waals surface area contributed by atoms with Gasteiger partial charge in [0, 0.05) is 7.11 Å². The highest BCUT2D eigenvalue weighted by molar-refractivity contribution is 5.53. The van der Waals surface area contributed by atoms with Gasteiger partial charge in [-0.2, -0.15) is 0 Å². The molecular formula is C8H19NO3. The summed E-state index contributed by atoms with van der Waals surface area (Å²) in [6.45, 7) is 4.44. The van der Waals surface area contributed by atoms with E-state index in [1.54, 1.807) is 0 Å². The van der Waals surface area contributed by atoms with Gasteiger partial charge in [0.1, 0.15) is 0 Å². The molecule has 74 valence electrons. The molecule has 0 aromatic heterocycles. The highest BCUT2D eigenvalue weighted by Gasteiger charge is 2.10. The molecule has 0 atom stereocenters. The summed E-state index contributed by atoms with van der Waals surface area (Å²) in [4.78, 5) is 9.03. The largest absolute Gasteiger partial charge is 0.553 e. The average molecular weight is 177 g/mol. The summed E-state index contributed by atoms with van der Waals surface area (Å²) in [5.41, 5.74) is 0. The predicted octanol–water partition coefficient (Wildman–Crippen LogP) is 0.0771. The fourth-order valence-electron chi connectivity index (χ4n) is 0. The van der Waals surface area contributed by atoms with E-state index >= 15 is 0 Å². The minimum Gasteiger partial charge on any atom is -0.553 e. The van der Waals surface area contributed by atoms with Crippen molar-refractivity contribution in [3.63, 3.8) is 0 Å². The molecule has 0 amide bonds. The van der Waals surface area contributed by atoms with Gasteiger partial charge in [-0.15, -0.1) is 0 Å². The zero-order chi connectivity index (χ0) is 10.4. The SMILES string of the molecule is CC(C)[N+](C)(C)C.COC(=O)[O-]. The van der Waals surface area contributed by atoms with Crippen molar-refractivity contribution >= 4 is 6.16 Å². The zero-order valence-corrected chi connectivity index (χ0v) is 8.75. The Morgan fingerprint density at radius 2 is 1.50 bits per heavy atom. The molecule has 0 aliphatic carbocycles. The molecule has 4 nitrogen and oxygen atoms in total. The second-order valence-corrected chi connectivity index (χ2v) is 3.66. The van der Waals surface area contributed by atoms with Gasteiger partial charge >= 0.3 is 0 Å². The van der Waals surface area contributed by atoms with Crippen LogP contribution in [0.3, 0.4) is 0 Å². The van der Waals surface area contributed by atoms with Crippen molar-refractivity contribution in [1.82, 2.24) is 0 Å². The van der Waals surface area contributed by atoms with Gasteiger partial charge in [0.25, 0.3) is 6.16 Å². The van der Waals surface area contributed by atoms with E-state index in [-0.39, 0.29) is 0 Å². The lowest BCUT2D eigenvalue weighted by Gasteiger charge is -2.28. The van der Waals surface area contributed by atoms with Gasteiger partial charge in [0.15, 0.2) is 0 Å². The molecule has 0 spiro atoms. The number of hydrogen-bond acceptors (Lipinski definition) is 3. The van der Waals surface area contributed by atoms with Crippen molar-refractivity contribution in [2.24, 2.45) is 0 Å². The lowest BCUT2D eigenvalue weighted by molar-refractivity contribution is -0.891. The maximum atomic E-state index is 9.03. The van der Waals surface area contributed by atoms with E-state index in [0.717, 1.165) is 17.6 Å². The van der Waals surface area contributed by atoms with E-state index in [2.05, 4.69) is 39.7 Å². The van der Waals surface area contributed by atoms with E-state index in [1.165, 1.54) is 0 Å². The number of nitrogens with zero attached hydrogens (tertiary/aromatic N) is 1. The quantitative estimate of drug-likeness (QED) is 0.421. The molecule has 4 heteroatoms. The van der Waals surface area contributed by atoms with Crippen molar-refractivity contribution in [2.45, 2.75) is 19.9 Å². The highest BCUT2D eigenvalue weighted by atomic mass is 16.6. The topological polar surface area (TPSA) is 49.4 Å². The lowest BCUT2D eigenvalue weighted by atomic mass is 10.3. The van der Waals surface area contributed by atoms with Crippen LogP contribution < -0.4 is 5.11 Å². The second-order valence-electron chi connectivity index (χ2n) is 3.66. The summed E-state index contributed by atoms with van der Waals surface area (Å²) in [5, 5.41) is 9.03. The summed E-state index contributed by atoms with van der Waals surface area (Å²) in [6.07, 6.45) is -1.50. The minimum absolute atomic E-state index is 0.736. The number of carbonyl (C=O) groups excluding carboxylic acids is 1. The van der Waals surface area contributed by atoms with Crippen LogP contribution in [0.4, 0.5) is 4.79 Å². The predicted molar refractivity (Wildman–Crippen MR) is 45.6 cm³/mol. The van der Waals surface area contributed by atoms with Gasteiger partial charge in [-0.1, -0.05) is 0 Å². The van der Waals surface area contributed by atoms with E-state index < -0.39 is 6.16 Å². The van der Waals surface area contributed by atoms with E-state index in [0.29, 0.717) is 0 Å². The van der Waals surface area contributed by atoms with E-state index in [9.17, 15) is 0 Å². The maximum absolute atomic E-state index is 9.03. The van der Waals surface area contributed by atoms with Crippen LogP contribution >= 0.6 is 0 Å². The Balaban J connectivity index is 0. The van der Waals surface area contributed by atoms with Crippen molar-refractivity contribution in [2.75, 3.05) is 28.3 Å². The zero-order valence-electron chi connectivity index (χ0n) is 8.75. The number of rotatable bonds is 1. The van der Waals surface area contributed by atoms with Gasteiger partial charge in [-0.25, -0.2) is 0 Å². The third kappa shape index (κ3) is 12.0. The standard InChI is InChI=1S/C6H16N.C2H4O3/c1-6(2)7(3,4)5;1-5-2(3)4/h6H,1-5H3;1H3,(H,3,4)/q+1;/p-1. The number of carboxylic acid groups (broad SMARTS) is 1. The summed E-state index contributed by atoms with van der Waals surface area (Å²) >= 11 is 0. The summed E-state index contributed by atoms with van der Waals surface area (Å²) in [5.74, 6) is 0. The number of ether oxygens (including phenoxy) is 1. The molecule has 0 rings (SSSR count). The average Bonchev–Trinajstić information content (AvgIpc) is 1.87. The second kappa shape index (κ2) is 5.83. The smallest absolute Gasteiger partial charge is 0.251 e. The normalized spacial score (nSPS) is 10.2. The maximum Gasteiger partial charge on any atom is 0.251 e. The van der Waals surface area contributed by atoms with Crippen LogP contribution in [-0.4, -0.2) is 44.9 Å². The minimum atomic E-state index is -1.50. The van der Waals surface area contributed by atoms with Crippen LogP contribution in [-0.2, 0) is 4.74 Å². The van der Waals surface area contributed by atoms with Crippen molar-refractivity contribution in [3.8, 4) is 0 Å². The first-order chi connectivity index (χ1) is 5.21. The van der Waals surface area contributed by atoms with E-state index in [4.69, 9.17) is 9.90 Å². The van der Waals surface area contributed by atoms with E-state index in [1.807, 2.05) is 0 Å². The molecule has 0 heterocycles. The number of quaternary nitrogens is 1. The van der Waals surface area contributed by atoms with Gasteiger partial charge in [0.2, 0.25) is 0 Å². The molecule has 0 radical (unpaired) electrons. The summed E-state index contributed by atoms with van der Waals surface area (Å²) in [6, 6.07) is 0.736. The molecule has 0 aromatic carbocycles. The third-order valence-corrected chi connectivity index (χ3v) is 1.72. The first-order valence-electron chi connectivity index (χ1n) is 3.78. The Morgan fingerprint density at radius 1 is 1.33 bits per heavy atom. The Labute approximate surface area is 74.3 Å². The van der Waals surface area contributed by atoms with Crippen LogP contribution in [0.1, 0.15) is 13.8 Å². The Kier molecular flexibility index (Phi) is 6.70. The third-order valence-electron chi connectivity index (χ3n) is 1.72. The Hall–Kier alpha value is -0.770. The molecule has 0 aliphatic rings. The van der Waals surface area contributed by atoms with Crippen LogP contribution in [0.5, 0.6) is 0 Å². The first kappa shape index (κ1) is 13.8. The van der Waals surface area contributed by atoms with Gasteiger partial charge in [-0.05, 0) is 13.8 Å². The van der Waals surface area contributed by atoms with Gasteiger partial charge in [0.05, 0.1) is 27.2 Å². The molecule has 0 aromatic rings. The van der Waals surface area contributed by atoms with Crippen molar-refractivity contribution in [1.29, 1.82) is 0 Å². The summed E-state index contributed by atoms with van der Waals surface area (Å²) in [7, 11) is 7.63. The molecule has 0 N–H and O–H groups in total. The van der Waals surface area contributed by atoms with Crippen molar-refractivity contribution < 1.29 is 19.1 Å². The molecule has 0 fully saturated rings.